The third kappa shape index (κ3) is 2.31. The van der Waals surface area contributed by atoms with Crippen molar-refractivity contribution in [3.63, 3.8) is 0 Å². The van der Waals surface area contributed by atoms with Gasteiger partial charge in [0.25, 0.3) is 0 Å². The first kappa shape index (κ1) is 15.7. The number of ether oxygens (including phenoxy) is 1. The SMILES string of the molecule is CC1=CC(C)(C)Nc2ccc3c(c21)[C@H](c1ccsc1)Oc1ccccc1-3. The van der Waals surface area contributed by atoms with Crippen LogP contribution in [0, 0.1) is 0 Å². The van der Waals surface area contributed by atoms with Gasteiger partial charge in [0.15, 0.2) is 6.10 Å². The van der Waals surface area contributed by atoms with Gasteiger partial charge in [0.2, 0.25) is 0 Å². The first-order valence-electron chi connectivity index (χ1n) is 8.96. The molecule has 0 aliphatic carbocycles. The lowest BCUT2D eigenvalue weighted by Crippen LogP contribution is -2.32. The van der Waals surface area contributed by atoms with Crippen molar-refractivity contribution in [2.45, 2.75) is 32.4 Å². The highest BCUT2D eigenvalue weighted by Crippen LogP contribution is 2.50. The fourth-order valence-corrected chi connectivity index (χ4v) is 4.96. The fourth-order valence-electron chi connectivity index (χ4n) is 4.29. The highest BCUT2D eigenvalue weighted by atomic mass is 32.1. The molecule has 3 heteroatoms. The molecule has 0 saturated heterocycles. The van der Waals surface area contributed by atoms with Gasteiger partial charge in [-0.2, -0.15) is 11.3 Å². The Bertz CT molecular complexity index is 1030. The summed E-state index contributed by atoms with van der Waals surface area (Å²) >= 11 is 1.72. The Labute approximate surface area is 158 Å². The second-order valence-corrected chi connectivity index (χ2v) is 8.45. The van der Waals surface area contributed by atoms with Crippen molar-refractivity contribution in [3.05, 3.63) is 76.0 Å². The molecule has 0 fully saturated rings. The largest absolute Gasteiger partial charge is 0.480 e. The van der Waals surface area contributed by atoms with Gasteiger partial charge in [-0.1, -0.05) is 30.3 Å². The normalized spacial score (nSPS) is 19.3. The number of nitrogens with one attached hydrogen (secondary N) is 1. The van der Waals surface area contributed by atoms with Gasteiger partial charge in [-0.15, -0.1) is 0 Å². The van der Waals surface area contributed by atoms with Crippen LogP contribution in [0.1, 0.15) is 43.6 Å². The lowest BCUT2D eigenvalue weighted by molar-refractivity contribution is 0.244. The summed E-state index contributed by atoms with van der Waals surface area (Å²) in [5, 5.41) is 8.00. The Kier molecular flexibility index (Phi) is 3.32. The maximum atomic E-state index is 6.52. The second kappa shape index (κ2) is 5.49. The van der Waals surface area contributed by atoms with E-state index in [1.54, 1.807) is 11.3 Å². The number of hydrogen-bond donors (Lipinski definition) is 1. The van der Waals surface area contributed by atoms with Crippen LogP contribution < -0.4 is 10.1 Å². The average molecular weight is 359 g/mol. The summed E-state index contributed by atoms with van der Waals surface area (Å²) < 4.78 is 6.52. The fraction of sp³-hybridized carbons (Fsp3) is 0.217. The van der Waals surface area contributed by atoms with E-state index in [2.05, 4.69) is 79.3 Å². The summed E-state index contributed by atoms with van der Waals surface area (Å²) in [6, 6.07) is 15.0. The summed E-state index contributed by atoms with van der Waals surface area (Å²) in [5.41, 5.74) is 8.68. The smallest absolute Gasteiger partial charge is 0.151 e. The van der Waals surface area contributed by atoms with Crippen molar-refractivity contribution < 1.29 is 4.74 Å². The summed E-state index contributed by atoms with van der Waals surface area (Å²) in [6.07, 6.45) is 2.24. The maximum Gasteiger partial charge on any atom is 0.151 e. The van der Waals surface area contributed by atoms with Crippen molar-refractivity contribution in [2.24, 2.45) is 0 Å². The maximum absolute atomic E-state index is 6.52. The standard InChI is InChI=1S/C23H21NOS/c1-14-12-23(2,3)24-18-9-8-17-16-6-4-5-7-19(16)25-22(21(17)20(14)18)15-10-11-26-13-15/h4-13,22,24H,1-3H3/t22-/m0/s1. The van der Waals surface area contributed by atoms with Crippen molar-refractivity contribution >= 4 is 22.6 Å². The van der Waals surface area contributed by atoms with Gasteiger partial charge in [0.05, 0.1) is 5.54 Å². The van der Waals surface area contributed by atoms with E-state index in [-0.39, 0.29) is 11.6 Å². The van der Waals surface area contributed by atoms with Crippen LogP contribution >= 0.6 is 11.3 Å². The van der Waals surface area contributed by atoms with E-state index in [1.165, 1.54) is 39.1 Å². The zero-order valence-electron chi connectivity index (χ0n) is 15.2. The summed E-state index contributed by atoms with van der Waals surface area (Å²) in [4.78, 5) is 0. The first-order valence-corrected chi connectivity index (χ1v) is 9.91. The minimum Gasteiger partial charge on any atom is -0.480 e. The Morgan fingerprint density at radius 3 is 2.69 bits per heavy atom. The van der Waals surface area contributed by atoms with E-state index < -0.39 is 0 Å². The quantitative estimate of drug-likeness (QED) is 0.535. The molecule has 3 heterocycles. The Balaban J connectivity index is 1.82. The predicted molar refractivity (Wildman–Crippen MR) is 110 cm³/mol. The number of allylic oxidation sites excluding steroid dienone is 1. The molecule has 1 aromatic heterocycles. The molecule has 26 heavy (non-hydrogen) atoms. The number of benzene rings is 2. The van der Waals surface area contributed by atoms with E-state index in [9.17, 15) is 0 Å². The molecule has 2 aliphatic heterocycles. The van der Waals surface area contributed by atoms with E-state index in [4.69, 9.17) is 4.74 Å². The van der Waals surface area contributed by atoms with Crippen molar-refractivity contribution in [3.8, 4) is 16.9 Å². The van der Waals surface area contributed by atoms with E-state index >= 15 is 0 Å². The van der Waals surface area contributed by atoms with E-state index in [0.717, 1.165) is 5.75 Å². The number of anilines is 1. The molecule has 0 radical (unpaired) electrons. The van der Waals surface area contributed by atoms with Crippen LogP contribution in [0.15, 0.2) is 59.3 Å². The van der Waals surface area contributed by atoms with Crippen molar-refractivity contribution in [1.29, 1.82) is 0 Å². The van der Waals surface area contributed by atoms with Crippen LogP contribution in [0.5, 0.6) is 5.75 Å². The monoisotopic (exact) mass is 359 g/mol. The van der Waals surface area contributed by atoms with Crippen molar-refractivity contribution in [2.75, 3.05) is 5.32 Å². The number of fused-ring (bicyclic) bond motifs is 5. The molecule has 3 aromatic rings. The molecule has 2 aliphatic rings. The molecule has 5 rings (SSSR count). The minimum atomic E-state index is -0.0764. The Morgan fingerprint density at radius 1 is 1.04 bits per heavy atom. The van der Waals surface area contributed by atoms with E-state index in [0.29, 0.717) is 0 Å². The molecule has 0 bridgehead atoms. The Hall–Kier alpha value is -2.52. The van der Waals surface area contributed by atoms with Gasteiger partial charge in [-0.25, -0.2) is 0 Å². The molecule has 0 amide bonds. The molecular weight excluding hydrogens is 338 g/mol. The van der Waals surface area contributed by atoms with Gasteiger partial charge >= 0.3 is 0 Å². The van der Waals surface area contributed by atoms with Gasteiger partial charge in [-0.3, -0.25) is 0 Å². The molecule has 0 spiro atoms. The van der Waals surface area contributed by atoms with Gasteiger partial charge in [-0.05, 0) is 60.9 Å². The minimum absolute atomic E-state index is 0.0450. The summed E-state index contributed by atoms with van der Waals surface area (Å²) in [7, 11) is 0. The second-order valence-electron chi connectivity index (χ2n) is 7.67. The molecule has 0 unspecified atom stereocenters. The average Bonchev–Trinajstić information content (AvgIpc) is 3.13. The van der Waals surface area contributed by atoms with E-state index in [1.807, 2.05) is 6.07 Å². The lowest BCUT2D eigenvalue weighted by Gasteiger charge is -2.37. The Morgan fingerprint density at radius 2 is 1.88 bits per heavy atom. The zero-order valence-corrected chi connectivity index (χ0v) is 16.0. The topological polar surface area (TPSA) is 21.3 Å². The van der Waals surface area contributed by atoms with Crippen LogP contribution in [0.4, 0.5) is 5.69 Å². The van der Waals surface area contributed by atoms with Crippen molar-refractivity contribution in [1.82, 2.24) is 0 Å². The summed E-state index contributed by atoms with van der Waals surface area (Å²) in [6.45, 7) is 6.63. The van der Waals surface area contributed by atoms with Gasteiger partial charge < -0.3 is 10.1 Å². The number of rotatable bonds is 1. The number of thiophene rings is 1. The van der Waals surface area contributed by atoms with Crippen LogP contribution in [0.3, 0.4) is 0 Å². The molecule has 130 valence electrons. The lowest BCUT2D eigenvalue weighted by atomic mass is 9.81. The molecule has 1 atom stereocenters. The van der Waals surface area contributed by atoms with Crippen LogP contribution in [-0.4, -0.2) is 5.54 Å². The van der Waals surface area contributed by atoms with Crippen LogP contribution in [0.25, 0.3) is 16.7 Å². The molecule has 2 nitrogen and oxygen atoms in total. The molecule has 0 saturated carbocycles. The highest BCUT2D eigenvalue weighted by molar-refractivity contribution is 7.08. The number of hydrogen-bond acceptors (Lipinski definition) is 3. The van der Waals surface area contributed by atoms with Crippen LogP contribution in [-0.2, 0) is 0 Å². The molecule has 2 aromatic carbocycles. The third-order valence-corrected chi connectivity index (χ3v) is 5.91. The number of para-hydroxylation sites is 1. The molecule has 1 N–H and O–H groups in total. The highest BCUT2D eigenvalue weighted by Gasteiger charge is 2.34. The third-order valence-electron chi connectivity index (χ3n) is 5.20. The van der Waals surface area contributed by atoms with Crippen LogP contribution in [0.2, 0.25) is 0 Å². The van der Waals surface area contributed by atoms with Gasteiger partial charge in [0.1, 0.15) is 5.75 Å². The van der Waals surface area contributed by atoms with Gasteiger partial charge in [0, 0.05) is 27.9 Å². The zero-order chi connectivity index (χ0) is 17.9. The summed E-state index contributed by atoms with van der Waals surface area (Å²) in [5.74, 6) is 0.960. The molecular formula is C23H21NOS. The first-order chi connectivity index (χ1) is 12.5. The predicted octanol–water partition coefficient (Wildman–Crippen LogP) is 6.50.